The van der Waals surface area contributed by atoms with Gasteiger partial charge in [-0.3, -0.25) is 0 Å². The van der Waals surface area contributed by atoms with Crippen LogP contribution in [0.3, 0.4) is 0 Å². The Morgan fingerprint density at radius 2 is 1.02 bits per heavy atom. The van der Waals surface area contributed by atoms with Crippen LogP contribution in [0.15, 0.2) is 117 Å². The van der Waals surface area contributed by atoms with Crippen LogP contribution in [-0.4, -0.2) is 31.1 Å². The van der Waals surface area contributed by atoms with Crippen molar-refractivity contribution in [2.75, 3.05) is 0 Å². The molecule has 0 saturated heterocycles. The fourth-order valence-electron chi connectivity index (χ4n) is 3.48. The molecule has 0 radical (unpaired) electrons. The van der Waals surface area contributed by atoms with Crippen LogP contribution in [0.1, 0.15) is 16.7 Å². The predicted molar refractivity (Wildman–Crippen MR) is 198 cm³/mol. The lowest BCUT2D eigenvalue weighted by Gasteiger charge is -2.13. The topological polar surface area (TPSA) is 83.8 Å². The summed E-state index contributed by atoms with van der Waals surface area (Å²) in [6.07, 6.45) is 0. The van der Waals surface area contributed by atoms with Crippen molar-refractivity contribution in [3.05, 3.63) is 164 Å². The first kappa shape index (κ1) is 42.3. The molecule has 4 aromatic rings. The molecule has 258 valence electrons. The van der Waals surface area contributed by atoms with Gasteiger partial charge in [-0.05, 0) is 70.8 Å². The molecule has 0 unspecified atom stereocenters. The molecule has 0 saturated carbocycles. The van der Waals surface area contributed by atoms with Gasteiger partial charge in [-0.1, -0.05) is 132 Å². The van der Waals surface area contributed by atoms with E-state index in [2.05, 4.69) is 30.5 Å². The fourth-order valence-corrected chi connectivity index (χ4v) is 5.22. The largest absolute Gasteiger partial charge is 0.534 e. The Hall–Kier alpha value is -2.90. The molecule has 0 fully saturated rings. The smallest absolute Gasteiger partial charge is 0.423 e. The lowest BCUT2D eigenvalue weighted by molar-refractivity contribution is -0.0518. The molecular weight excluding hydrogens is 789 g/mol. The third-order valence-corrected chi connectivity index (χ3v) is 8.68. The van der Waals surface area contributed by atoms with E-state index in [4.69, 9.17) is 79.7 Å². The molecule has 0 spiro atoms. The Kier molecular flexibility index (Phi) is 15.9. The van der Waals surface area contributed by atoms with Crippen molar-refractivity contribution in [1.29, 1.82) is 0 Å². The molecule has 0 aliphatic carbocycles. The van der Waals surface area contributed by atoms with Crippen molar-refractivity contribution < 1.29 is 35.8 Å². The molecule has 2 N–H and O–H groups in total. The van der Waals surface area contributed by atoms with E-state index in [-0.39, 0.29) is 16.1 Å². The Bertz CT molecular complexity index is 1950. The van der Waals surface area contributed by atoms with Gasteiger partial charge >= 0.3 is 22.7 Å². The molecule has 0 bridgehead atoms. The summed E-state index contributed by atoms with van der Waals surface area (Å²) in [6, 6.07) is 23.0. The maximum Gasteiger partial charge on any atom is 0.534 e. The van der Waals surface area contributed by atoms with E-state index >= 15 is 0 Å². The Morgan fingerprint density at radius 3 is 1.43 bits per heavy atom. The zero-order valence-corrected chi connectivity index (χ0v) is 30.3. The van der Waals surface area contributed by atoms with E-state index in [0.717, 1.165) is 22.3 Å². The van der Waals surface area contributed by atoms with E-state index in [1.54, 1.807) is 18.2 Å². The minimum Gasteiger partial charge on any atom is -0.423 e. The first-order valence-corrected chi connectivity index (χ1v) is 16.9. The van der Waals surface area contributed by atoms with Crippen LogP contribution in [0.2, 0.25) is 30.1 Å². The summed E-state index contributed by atoms with van der Waals surface area (Å²) in [5, 5.41) is 20.4. The third-order valence-electron chi connectivity index (χ3n) is 6.08. The summed E-state index contributed by atoms with van der Waals surface area (Å²) >= 11 is 34.8. The number of halogens is 9. The number of rotatable bonds is 8. The summed E-state index contributed by atoms with van der Waals surface area (Å²) in [7, 11) is -7.29. The van der Waals surface area contributed by atoms with Crippen LogP contribution in [0.25, 0.3) is 16.7 Å². The highest BCUT2D eigenvalue weighted by Gasteiger charge is 2.48. The second kappa shape index (κ2) is 18.4. The standard InChI is InChI=1S/C16H11Cl3.C11H8ClF3O3S.C6H5BCl2O2/c1-10(12-3-5-13(17)6-4-12)11(2)15-8-7-14(18)9-16(15)19;1-7(9-3-5-10(12)6-4-9)8(2)18-19(16,17)11(13,14)15;8-4-1-2-5(7(10)11)6(9)3-4/h3-9H,1-2H2;3-6H,1-2H2;1-3,10-11H. The average Bonchev–Trinajstić information content (AvgIpc) is 3.00. The highest BCUT2D eigenvalue weighted by Crippen LogP contribution is 2.34. The zero-order valence-electron chi connectivity index (χ0n) is 24.9. The lowest BCUT2D eigenvalue weighted by Crippen LogP contribution is -2.30. The van der Waals surface area contributed by atoms with E-state index in [1.165, 1.54) is 36.4 Å². The molecular formula is C33H24BCl6F3O5S. The van der Waals surface area contributed by atoms with Gasteiger partial charge < -0.3 is 14.2 Å². The van der Waals surface area contributed by atoms with Gasteiger partial charge in [-0.2, -0.15) is 21.6 Å². The first-order valence-electron chi connectivity index (χ1n) is 13.2. The van der Waals surface area contributed by atoms with Crippen molar-refractivity contribution in [3.63, 3.8) is 0 Å². The summed E-state index contributed by atoms with van der Waals surface area (Å²) in [5.41, 5.74) is -1.65. The van der Waals surface area contributed by atoms with Crippen molar-refractivity contribution in [2.45, 2.75) is 5.51 Å². The van der Waals surface area contributed by atoms with E-state index in [1.807, 2.05) is 30.3 Å². The fraction of sp³-hybridized carbons (Fsp3) is 0.0303. The maximum absolute atomic E-state index is 12.1. The van der Waals surface area contributed by atoms with Crippen LogP contribution in [0.4, 0.5) is 13.2 Å². The maximum atomic E-state index is 12.1. The number of hydrogen-bond donors (Lipinski definition) is 2. The highest BCUT2D eigenvalue weighted by atomic mass is 35.5. The summed E-state index contributed by atoms with van der Waals surface area (Å²) < 4.78 is 61.8. The second-order valence-electron chi connectivity index (χ2n) is 9.52. The number of alkyl halides is 3. The molecule has 0 heterocycles. The van der Waals surface area contributed by atoms with Gasteiger partial charge in [-0.15, -0.1) is 0 Å². The molecule has 0 aromatic heterocycles. The van der Waals surface area contributed by atoms with Crippen molar-refractivity contribution in [2.24, 2.45) is 0 Å². The summed E-state index contributed by atoms with van der Waals surface area (Å²) in [6.45, 7) is 14.7. The number of benzene rings is 4. The molecule has 5 nitrogen and oxygen atoms in total. The molecule has 16 heteroatoms. The first-order chi connectivity index (χ1) is 22.6. The average molecular weight is 813 g/mol. The second-order valence-corrected chi connectivity index (χ2v) is 13.6. The van der Waals surface area contributed by atoms with Gasteiger partial charge in [0, 0.05) is 46.7 Å². The number of allylic oxidation sites excluding steroid dienone is 3. The van der Waals surface area contributed by atoms with Crippen LogP contribution in [0.5, 0.6) is 0 Å². The van der Waals surface area contributed by atoms with Crippen LogP contribution in [0, 0.1) is 0 Å². The molecule has 0 aliphatic rings. The van der Waals surface area contributed by atoms with Crippen molar-refractivity contribution >= 4 is 109 Å². The number of hydrogen-bond acceptors (Lipinski definition) is 5. The molecule has 0 atom stereocenters. The zero-order chi connectivity index (χ0) is 37.3. The molecule has 4 aromatic carbocycles. The minimum atomic E-state index is -5.74. The van der Waals surface area contributed by atoms with Gasteiger partial charge in [0.1, 0.15) is 5.76 Å². The Balaban J connectivity index is 0.000000265. The third kappa shape index (κ3) is 12.7. The van der Waals surface area contributed by atoms with Gasteiger partial charge in [0.25, 0.3) is 0 Å². The summed E-state index contributed by atoms with van der Waals surface area (Å²) in [5.74, 6) is -0.709. The highest BCUT2D eigenvalue weighted by molar-refractivity contribution is 7.87. The van der Waals surface area contributed by atoms with Crippen molar-refractivity contribution in [1.82, 2.24) is 0 Å². The van der Waals surface area contributed by atoms with Crippen LogP contribution >= 0.6 is 69.6 Å². The van der Waals surface area contributed by atoms with Crippen LogP contribution in [-0.2, 0) is 14.3 Å². The van der Waals surface area contributed by atoms with Crippen molar-refractivity contribution in [3.8, 4) is 0 Å². The van der Waals surface area contributed by atoms with Gasteiger partial charge in [0.15, 0.2) is 0 Å². The Labute approximate surface area is 312 Å². The SMILES string of the molecule is C=C(C(=C)c1ccc(Cl)cc1Cl)c1ccc(Cl)cc1.C=C(OS(=O)(=O)C(F)(F)F)C(=C)c1ccc(Cl)cc1.OB(O)c1ccc(Cl)cc1Cl. The monoisotopic (exact) mass is 810 g/mol. The van der Waals surface area contributed by atoms with E-state index in [9.17, 15) is 21.6 Å². The quantitative estimate of drug-likeness (QED) is 0.0609. The normalized spacial score (nSPS) is 10.8. The Morgan fingerprint density at radius 1 is 0.612 bits per heavy atom. The van der Waals surface area contributed by atoms with Crippen LogP contribution < -0.4 is 5.46 Å². The summed E-state index contributed by atoms with van der Waals surface area (Å²) in [4.78, 5) is 0. The van der Waals surface area contributed by atoms with E-state index < -0.39 is 28.5 Å². The lowest BCUT2D eigenvalue weighted by atomic mass is 9.80. The minimum absolute atomic E-state index is 0.0931. The molecule has 49 heavy (non-hydrogen) atoms. The van der Waals surface area contributed by atoms with E-state index in [0.29, 0.717) is 30.7 Å². The predicted octanol–water partition coefficient (Wildman–Crippen LogP) is 10.8. The molecule has 0 amide bonds. The van der Waals surface area contributed by atoms with Gasteiger partial charge in [0.2, 0.25) is 0 Å². The van der Waals surface area contributed by atoms with Gasteiger partial charge in [0.05, 0.1) is 0 Å². The molecule has 0 aliphatic heterocycles. The van der Waals surface area contributed by atoms with Gasteiger partial charge in [-0.25, -0.2) is 0 Å². The molecule has 4 rings (SSSR count).